The molecule has 3 aromatic rings. The predicted molar refractivity (Wildman–Crippen MR) is 166 cm³/mol. The fourth-order valence-electron chi connectivity index (χ4n) is 8.02. The van der Waals surface area contributed by atoms with Crippen molar-refractivity contribution >= 4 is 33.2 Å². The first-order valence-corrected chi connectivity index (χ1v) is 16.8. The molecule has 0 radical (unpaired) electrons. The molecule has 0 unspecified atom stereocenters. The summed E-state index contributed by atoms with van der Waals surface area (Å²) in [6.07, 6.45) is 9.60. The number of rotatable bonds is 10. The van der Waals surface area contributed by atoms with Gasteiger partial charge in [0.25, 0.3) is 5.91 Å². The molecule has 2 amide bonds. The zero-order chi connectivity index (χ0) is 29.3. The summed E-state index contributed by atoms with van der Waals surface area (Å²) < 4.78 is 26.8. The normalized spacial score (nSPS) is 24.3. The number of hydrogen-bond acceptors (Lipinski definition) is 4. The lowest BCUT2D eigenvalue weighted by Gasteiger charge is -2.57. The van der Waals surface area contributed by atoms with Crippen LogP contribution in [0.5, 0.6) is 0 Å². The van der Waals surface area contributed by atoms with Crippen molar-refractivity contribution in [2.75, 3.05) is 29.0 Å². The molecule has 7 nitrogen and oxygen atoms in total. The smallest absolute Gasteiger partial charge is 0.253 e. The number of hydrogen-bond donors (Lipinski definition) is 2. The number of nitrogens with one attached hydrogen (secondary N) is 2. The predicted octanol–water partition coefficient (Wildman–Crippen LogP) is 5.53. The fraction of sp³-hybridized carbons (Fsp3) is 0.412. The first-order valence-electron chi connectivity index (χ1n) is 15.0. The molecule has 0 atom stereocenters. The molecule has 42 heavy (non-hydrogen) atoms. The second-order valence-electron chi connectivity index (χ2n) is 12.6. The molecule has 4 aliphatic carbocycles. The summed E-state index contributed by atoms with van der Waals surface area (Å²) in [5.74, 6) is 1.64. The van der Waals surface area contributed by atoms with E-state index < -0.39 is 15.9 Å². The van der Waals surface area contributed by atoms with Crippen molar-refractivity contribution in [1.29, 1.82) is 0 Å². The molecule has 4 aliphatic rings. The maximum atomic E-state index is 13.2. The van der Waals surface area contributed by atoms with Gasteiger partial charge in [-0.05, 0) is 104 Å². The number of carbonyl (C=O) groups excluding carboxylic acids is 2. The van der Waals surface area contributed by atoms with Crippen LogP contribution in [-0.2, 0) is 26.7 Å². The van der Waals surface area contributed by atoms with Crippen LogP contribution in [0.3, 0.4) is 0 Å². The summed E-state index contributed by atoms with van der Waals surface area (Å²) in [7, 11) is -3.73. The van der Waals surface area contributed by atoms with Gasteiger partial charge in [-0.1, -0.05) is 54.6 Å². The summed E-state index contributed by atoms with van der Waals surface area (Å²) in [6, 6.07) is 24.5. The zero-order valence-corrected chi connectivity index (χ0v) is 24.9. The molecule has 3 aromatic carbocycles. The Bertz CT molecular complexity index is 1520. The van der Waals surface area contributed by atoms with Gasteiger partial charge in [-0.2, -0.15) is 0 Å². The lowest BCUT2D eigenvalue weighted by molar-refractivity contribution is -0.114. The van der Waals surface area contributed by atoms with Crippen molar-refractivity contribution in [2.45, 2.75) is 50.4 Å². The molecule has 0 spiro atoms. The highest BCUT2D eigenvalue weighted by Gasteiger charge is 2.51. The van der Waals surface area contributed by atoms with E-state index in [0.717, 1.165) is 33.9 Å². The third-order valence-corrected chi connectivity index (χ3v) is 10.6. The second kappa shape index (κ2) is 11.6. The summed E-state index contributed by atoms with van der Waals surface area (Å²) in [6.45, 7) is 0.0612. The van der Waals surface area contributed by atoms with Crippen molar-refractivity contribution in [1.82, 2.24) is 5.32 Å². The maximum Gasteiger partial charge on any atom is 0.253 e. The van der Waals surface area contributed by atoms with Crippen molar-refractivity contribution in [3.05, 3.63) is 95.6 Å². The topological polar surface area (TPSA) is 95.6 Å². The van der Waals surface area contributed by atoms with Crippen molar-refractivity contribution < 1.29 is 18.0 Å². The zero-order valence-electron chi connectivity index (χ0n) is 24.1. The molecule has 4 saturated carbocycles. The van der Waals surface area contributed by atoms with Crippen LogP contribution >= 0.6 is 0 Å². The number of sulfonamides is 1. The van der Waals surface area contributed by atoms with E-state index in [1.54, 1.807) is 24.3 Å². The monoisotopic (exact) mass is 585 g/mol. The molecule has 0 saturated heterocycles. The Morgan fingerprint density at radius 1 is 0.833 bits per heavy atom. The Hall–Kier alpha value is -3.65. The van der Waals surface area contributed by atoms with Crippen LogP contribution in [-0.4, -0.2) is 39.6 Å². The van der Waals surface area contributed by atoms with E-state index in [9.17, 15) is 18.0 Å². The van der Waals surface area contributed by atoms with E-state index in [1.165, 1.54) is 44.1 Å². The molecular formula is C34H39N3O4S. The Labute approximate surface area is 248 Å². The van der Waals surface area contributed by atoms with Crippen molar-refractivity contribution in [3.63, 3.8) is 0 Å². The van der Waals surface area contributed by atoms with Crippen molar-refractivity contribution in [3.8, 4) is 0 Å². The highest BCUT2D eigenvalue weighted by molar-refractivity contribution is 7.92. The highest BCUT2D eigenvalue weighted by Crippen LogP contribution is 2.60. The molecule has 8 heteroatoms. The van der Waals surface area contributed by atoms with Crippen LogP contribution in [0.4, 0.5) is 11.4 Å². The van der Waals surface area contributed by atoms with Crippen LogP contribution in [0.25, 0.3) is 0 Å². The molecule has 4 bridgehead atoms. The minimum atomic E-state index is -3.73. The number of anilines is 2. The fourth-order valence-corrected chi connectivity index (χ4v) is 8.87. The quantitative estimate of drug-likeness (QED) is 0.327. The molecule has 220 valence electrons. The lowest BCUT2D eigenvalue weighted by Crippen LogP contribution is -2.48. The Kier molecular flexibility index (Phi) is 7.83. The first kappa shape index (κ1) is 28.5. The van der Waals surface area contributed by atoms with E-state index >= 15 is 0 Å². The second-order valence-corrected chi connectivity index (χ2v) is 14.5. The van der Waals surface area contributed by atoms with Crippen LogP contribution in [0, 0.1) is 17.8 Å². The van der Waals surface area contributed by atoms with Gasteiger partial charge in [-0.3, -0.25) is 13.9 Å². The van der Waals surface area contributed by atoms with Gasteiger partial charge in [-0.25, -0.2) is 8.42 Å². The van der Waals surface area contributed by atoms with E-state index in [0.29, 0.717) is 29.9 Å². The third-order valence-electron chi connectivity index (χ3n) is 9.48. The van der Waals surface area contributed by atoms with Gasteiger partial charge in [0, 0.05) is 6.54 Å². The maximum absolute atomic E-state index is 13.2. The molecular weight excluding hydrogens is 546 g/mol. The van der Waals surface area contributed by atoms with E-state index in [2.05, 4.69) is 22.8 Å². The molecule has 2 N–H and O–H groups in total. The average Bonchev–Trinajstić information content (AvgIpc) is 2.95. The van der Waals surface area contributed by atoms with E-state index in [-0.39, 0.29) is 17.9 Å². The SMILES string of the molecule is CS(=O)(=O)N(CC(=O)Nc1ccccc1C(=O)NCCc1ccccc1)c1ccc(C23CC4CC(CC(C4)C2)C3)cc1. The lowest BCUT2D eigenvalue weighted by atomic mass is 9.48. The van der Waals surface area contributed by atoms with Crippen LogP contribution in [0.1, 0.15) is 60.0 Å². The van der Waals surface area contributed by atoms with Gasteiger partial charge < -0.3 is 10.6 Å². The molecule has 0 aromatic heterocycles. The molecule has 0 aliphatic heterocycles. The summed E-state index contributed by atoms with van der Waals surface area (Å²) in [5.41, 5.74) is 3.76. The summed E-state index contributed by atoms with van der Waals surface area (Å²) >= 11 is 0. The minimum absolute atomic E-state index is 0.214. The Morgan fingerprint density at radius 3 is 2.05 bits per heavy atom. The summed E-state index contributed by atoms with van der Waals surface area (Å²) in [5, 5.41) is 5.67. The van der Waals surface area contributed by atoms with Gasteiger partial charge >= 0.3 is 0 Å². The van der Waals surface area contributed by atoms with E-state index in [1.807, 2.05) is 42.5 Å². The standard InChI is InChI=1S/C34H39N3O4S/c1-42(40,41)37(29-13-11-28(12-14-29)34-20-25-17-26(21-34)19-27(18-25)22-34)23-32(38)36-31-10-6-5-9-30(31)33(39)35-16-15-24-7-3-2-4-8-24/h2-14,25-27H,15-23H2,1H3,(H,35,39)(H,36,38). The number of amides is 2. The number of benzene rings is 3. The van der Waals surface area contributed by atoms with Gasteiger partial charge in [0.05, 0.1) is 23.2 Å². The van der Waals surface area contributed by atoms with Crippen LogP contribution in [0.2, 0.25) is 0 Å². The Morgan fingerprint density at radius 2 is 1.43 bits per heavy atom. The van der Waals surface area contributed by atoms with E-state index in [4.69, 9.17) is 0 Å². The van der Waals surface area contributed by atoms with Gasteiger partial charge in [0.1, 0.15) is 6.54 Å². The average molecular weight is 586 g/mol. The molecule has 0 heterocycles. The molecule has 4 fully saturated rings. The third kappa shape index (κ3) is 6.09. The minimum Gasteiger partial charge on any atom is -0.352 e. The van der Waals surface area contributed by atoms with Gasteiger partial charge in [0.15, 0.2) is 0 Å². The Balaban J connectivity index is 1.12. The van der Waals surface area contributed by atoms with Crippen molar-refractivity contribution in [2.24, 2.45) is 17.8 Å². The summed E-state index contributed by atoms with van der Waals surface area (Å²) in [4.78, 5) is 26.1. The highest BCUT2D eigenvalue weighted by atomic mass is 32.2. The first-order chi connectivity index (χ1) is 20.2. The van der Waals surface area contributed by atoms with Gasteiger partial charge in [-0.15, -0.1) is 0 Å². The van der Waals surface area contributed by atoms with Crippen LogP contribution < -0.4 is 14.9 Å². The number of para-hydroxylation sites is 1. The number of carbonyl (C=O) groups is 2. The molecule has 7 rings (SSSR count). The van der Waals surface area contributed by atoms with Gasteiger partial charge in [0.2, 0.25) is 15.9 Å². The number of nitrogens with zero attached hydrogens (tertiary/aromatic N) is 1. The largest absolute Gasteiger partial charge is 0.352 e. The van der Waals surface area contributed by atoms with Crippen LogP contribution in [0.15, 0.2) is 78.9 Å².